The topological polar surface area (TPSA) is 134 Å². The Balaban J connectivity index is 2.61. The standard InChI is InChI=1S/C19H27NO9/c1-11(21)20-19(15(27-13(3)23)10-26-12(2)22)16(28-14(4)24)18(29-17(19)25)8-6-5-7-9-18/h15-16H,5-10H2,1-4H3,(H,20,21)/t15-,16+,19+/m0/s1. The van der Waals surface area contributed by atoms with E-state index in [9.17, 15) is 24.0 Å². The van der Waals surface area contributed by atoms with Gasteiger partial charge in [-0.05, 0) is 25.7 Å². The zero-order valence-corrected chi connectivity index (χ0v) is 17.1. The summed E-state index contributed by atoms with van der Waals surface area (Å²) in [6.07, 6.45) is 0.485. The molecular weight excluding hydrogens is 386 g/mol. The Bertz CT molecular complexity index is 698. The van der Waals surface area contributed by atoms with Gasteiger partial charge in [-0.1, -0.05) is 6.42 Å². The molecule has 0 aromatic heterocycles. The monoisotopic (exact) mass is 413 g/mol. The molecule has 2 aliphatic rings. The van der Waals surface area contributed by atoms with Gasteiger partial charge in [0.2, 0.25) is 11.4 Å². The third-order valence-electron chi connectivity index (χ3n) is 5.15. The van der Waals surface area contributed by atoms with E-state index < -0.39 is 59.7 Å². The molecule has 0 bridgehead atoms. The SMILES string of the molecule is CC(=O)N[C@@]1([C@H](COC(C)=O)OC(C)=O)C(=O)OC2(CCCCC2)[C@H]1OC(C)=O. The lowest BCUT2D eigenvalue weighted by Gasteiger charge is -2.42. The molecular formula is C19H27NO9. The van der Waals surface area contributed by atoms with Crippen molar-refractivity contribution in [3.63, 3.8) is 0 Å². The van der Waals surface area contributed by atoms with Crippen molar-refractivity contribution in [1.29, 1.82) is 0 Å². The highest BCUT2D eigenvalue weighted by Crippen LogP contribution is 2.48. The first-order chi connectivity index (χ1) is 13.5. The molecule has 3 atom stereocenters. The van der Waals surface area contributed by atoms with E-state index in [1.54, 1.807) is 0 Å². The lowest BCUT2D eigenvalue weighted by molar-refractivity contribution is -0.177. The Hall–Kier alpha value is -2.65. The largest absolute Gasteiger partial charge is 0.462 e. The van der Waals surface area contributed by atoms with Crippen molar-refractivity contribution in [2.24, 2.45) is 0 Å². The molecule has 1 N–H and O–H groups in total. The zero-order valence-electron chi connectivity index (χ0n) is 17.1. The van der Waals surface area contributed by atoms with Crippen LogP contribution in [0.3, 0.4) is 0 Å². The predicted molar refractivity (Wildman–Crippen MR) is 96.2 cm³/mol. The summed E-state index contributed by atoms with van der Waals surface area (Å²) < 4.78 is 21.5. The van der Waals surface area contributed by atoms with E-state index in [-0.39, 0.29) is 0 Å². The van der Waals surface area contributed by atoms with E-state index in [0.717, 1.165) is 33.1 Å². The number of ether oxygens (including phenoxy) is 4. The molecule has 1 spiro atoms. The Morgan fingerprint density at radius 3 is 2.14 bits per heavy atom. The number of carbonyl (C=O) groups is 5. The average Bonchev–Trinajstić information content (AvgIpc) is 2.80. The van der Waals surface area contributed by atoms with Gasteiger partial charge < -0.3 is 24.3 Å². The molecule has 2 fully saturated rings. The number of nitrogens with one attached hydrogen (secondary N) is 1. The van der Waals surface area contributed by atoms with E-state index in [4.69, 9.17) is 18.9 Å². The number of hydrogen-bond donors (Lipinski definition) is 1. The summed E-state index contributed by atoms with van der Waals surface area (Å²) in [5.41, 5.74) is -3.21. The molecule has 10 heteroatoms. The quantitative estimate of drug-likeness (QED) is 0.489. The van der Waals surface area contributed by atoms with Crippen LogP contribution in [0, 0.1) is 0 Å². The Morgan fingerprint density at radius 2 is 1.66 bits per heavy atom. The van der Waals surface area contributed by atoms with Crippen LogP contribution in [0.5, 0.6) is 0 Å². The van der Waals surface area contributed by atoms with Crippen LogP contribution in [0.4, 0.5) is 0 Å². The van der Waals surface area contributed by atoms with Gasteiger partial charge in [-0.15, -0.1) is 0 Å². The summed E-state index contributed by atoms with van der Waals surface area (Å²) in [6, 6.07) is 0. The van der Waals surface area contributed by atoms with Crippen LogP contribution in [-0.2, 0) is 42.9 Å². The van der Waals surface area contributed by atoms with Crippen molar-refractivity contribution in [2.45, 2.75) is 83.1 Å². The summed E-state index contributed by atoms with van der Waals surface area (Å²) in [4.78, 5) is 60.3. The molecule has 10 nitrogen and oxygen atoms in total. The third kappa shape index (κ3) is 4.68. The number of esters is 4. The smallest absolute Gasteiger partial charge is 0.340 e. The maximum atomic E-state index is 13.2. The number of carbonyl (C=O) groups excluding carboxylic acids is 5. The van der Waals surface area contributed by atoms with Crippen LogP contribution < -0.4 is 5.32 Å². The van der Waals surface area contributed by atoms with Gasteiger partial charge in [0.15, 0.2) is 17.8 Å². The van der Waals surface area contributed by atoms with Gasteiger partial charge in [0.25, 0.3) is 0 Å². The summed E-state index contributed by atoms with van der Waals surface area (Å²) in [5, 5.41) is 2.50. The van der Waals surface area contributed by atoms with E-state index >= 15 is 0 Å². The van der Waals surface area contributed by atoms with Crippen LogP contribution in [-0.4, -0.2) is 59.7 Å². The highest BCUT2D eigenvalue weighted by Gasteiger charge is 2.71. The third-order valence-corrected chi connectivity index (χ3v) is 5.15. The molecule has 1 aliphatic heterocycles. The minimum Gasteiger partial charge on any atom is -0.462 e. The fourth-order valence-corrected chi connectivity index (χ4v) is 4.17. The predicted octanol–water partition coefficient (Wildman–Crippen LogP) is 0.547. The first kappa shape index (κ1) is 22.6. The van der Waals surface area contributed by atoms with Crippen molar-refractivity contribution in [3.8, 4) is 0 Å². The molecule has 0 aromatic rings. The van der Waals surface area contributed by atoms with Gasteiger partial charge in [-0.25, -0.2) is 4.79 Å². The van der Waals surface area contributed by atoms with E-state index in [0.29, 0.717) is 12.8 Å². The van der Waals surface area contributed by atoms with E-state index in [2.05, 4.69) is 5.32 Å². The van der Waals surface area contributed by atoms with Crippen LogP contribution in [0.2, 0.25) is 0 Å². The normalized spacial score (nSPS) is 26.2. The number of hydrogen-bond acceptors (Lipinski definition) is 9. The number of rotatable bonds is 6. The Morgan fingerprint density at radius 1 is 1.03 bits per heavy atom. The maximum absolute atomic E-state index is 13.2. The molecule has 1 saturated heterocycles. The van der Waals surface area contributed by atoms with Crippen molar-refractivity contribution in [1.82, 2.24) is 5.32 Å². The van der Waals surface area contributed by atoms with Gasteiger partial charge in [0.1, 0.15) is 6.61 Å². The second-order valence-corrected chi connectivity index (χ2v) is 7.46. The van der Waals surface area contributed by atoms with E-state index in [1.165, 1.54) is 13.8 Å². The van der Waals surface area contributed by atoms with Crippen LogP contribution >= 0.6 is 0 Å². The number of amides is 1. The average molecular weight is 413 g/mol. The first-order valence-electron chi connectivity index (χ1n) is 9.53. The van der Waals surface area contributed by atoms with Crippen LogP contribution in [0.25, 0.3) is 0 Å². The molecule has 0 aromatic carbocycles. The minimum atomic E-state index is -2.05. The molecule has 2 rings (SSSR count). The molecule has 1 saturated carbocycles. The second kappa shape index (κ2) is 8.79. The molecule has 1 heterocycles. The van der Waals surface area contributed by atoms with Gasteiger partial charge in [-0.3, -0.25) is 19.2 Å². The first-order valence-corrected chi connectivity index (χ1v) is 9.53. The summed E-state index contributed by atoms with van der Waals surface area (Å²) in [5.74, 6) is -3.68. The molecule has 0 unspecified atom stereocenters. The summed E-state index contributed by atoms with van der Waals surface area (Å²) >= 11 is 0. The van der Waals surface area contributed by atoms with Gasteiger partial charge in [-0.2, -0.15) is 0 Å². The van der Waals surface area contributed by atoms with Crippen LogP contribution in [0.1, 0.15) is 59.8 Å². The highest BCUT2D eigenvalue weighted by atomic mass is 16.6. The fourth-order valence-electron chi connectivity index (χ4n) is 4.17. The Kier molecular flexibility index (Phi) is 6.86. The molecule has 1 aliphatic carbocycles. The summed E-state index contributed by atoms with van der Waals surface area (Å²) in [6.45, 7) is 4.07. The van der Waals surface area contributed by atoms with E-state index in [1.807, 2.05) is 0 Å². The lowest BCUT2D eigenvalue weighted by Crippen LogP contribution is -2.70. The molecule has 1 amide bonds. The van der Waals surface area contributed by atoms with Gasteiger partial charge in [0.05, 0.1) is 0 Å². The summed E-state index contributed by atoms with van der Waals surface area (Å²) in [7, 11) is 0. The molecule has 29 heavy (non-hydrogen) atoms. The van der Waals surface area contributed by atoms with Gasteiger partial charge >= 0.3 is 23.9 Å². The minimum absolute atomic E-state index is 0.415. The van der Waals surface area contributed by atoms with Crippen molar-refractivity contribution < 1.29 is 42.9 Å². The Labute approximate surface area is 168 Å². The van der Waals surface area contributed by atoms with Gasteiger partial charge in [0, 0.05) is 27.7 Å². The fraction of sp³-hybridized carbons (Fsp3) is 0.737. The zero-order chi connectivity index (χ0) is 21.8. The second-order valence-electron chi connectivity index (χ2n) is 7.46. The van der Waals surface area contributed by atoms with Crippen molar-refractivity contribution >= 4 is 29.8 Å². The molecule has 0 radical (unpaired) electrons. The maximum Gasteiger partial charge on any atom is 0.340 e. The van der Waals surface area contributed by atoms with Crippen molar-refractivity contribution in [3.05, 3.63) is 0 Å². The lowest BCUT2D eigenvalue weighted by atomic mass is 9.73. The highest BCUT2D eigenvalue weighted by molar-refractivity contribution is 5.92. The van der Waals surface area contributed by atoms with Crippen LogP contribution in [0.15, 0.2) is 0 Å². The molecule has 162 valence electrons. The van der Waals surface area contributed by atoms with Crippen molar-refractivity contribution in [2.75, 3.05) is 6.61 Å².